The van der Waals surface area contributed by atoms with Gasteiger partial charge in [-0.15, -0.1) is 10.2 Å². The molecule has 1 aromatic heterocycles. The SMILES string of the molecule is CC(C)[C@H](NC(=O)OCc1ccccc1)C(=O)c1nnc(C(=O)[C@H](Cc2ccccc2)NC(=O)OCC2c3ccccc3-c3ccccc32)s1. The van der Waals surface area contributed by atoms with Crippen molar-refractivity contribution in [3.63, 3.8) is 0 Å². The molecule has 0 saturated heterocycles. The summed E-state index contributed by atoms with van der Waals surface area (Å²) in [4.78, 5) is 53.2. The molecule has 5 aromatic rings. The van der Waals surface area contributed by atoms with Gasteiger partial charge in [0.15, 0.2) is 10.0 Å². The van der Waals surface area contributed by atoms with E-state index in [-0.39, 0.29) is 41.5 Å². The molecule has 1 heterocycles. The summed E-state index contributed by atoms with van der Waals surface area (Å²) in [5.74, 6) is -1.48. The summed E-state index contributed by atoms with van der Waals surface area (Å²) >= 11 is 0.811. The minimum Gasteiger partial charge on any atom is -0.449 e. The van der Waals surface area contributed by atoms with Crippen molar-refractivity contribution in [1.29, 1.82) is 0 Å². The normalized spacial score (nSPS) is 13.1. The van der Waals surface area contributed by atoms with Crippen LogP contribution in [0.15, 0.2) is 109 Å². The maximum atomic E-state index is 13.8. The van der Waals surface area contributed by atoms with Crippen LogP contribution in [-0.4, -0.2) is 52.6 Å². The number of benzene rings is 4. The molecule has 11 heteroatoms. The number of nitrogens with one attached hydrogen (secondary N) is 2. The fraction of sp³-hybridized carbons (Fsp3) is 0.231. The summed E-state index contributed by atoms with van der Waals surface area (Å²) in [7, 11) is 0. The first kappa shape index (κ1) is 34.2. The maximum absolute atomic E-state index is 13.8. The molecule has 0 aliphatic heterocycles. The highest BCUT2D eigenvalue weighted by atomic mass is 32.1. The molecule has 0 bridgehead atoms. The number of amides is 2. The number of Topliss-reactive ketones (excluding diaryl/α,β-unsaturated/α-hetero) is 2. The van der Waals surface area contributed by atoms with E-state index in [1.54, 1.807) is 13.8 Å². The Morgan fingerprint density at radius 2 is 1.18 bits per heavy atom. The highest BCUT2D eigenvalue weighted by molar-refractivity contribution is 7.15. The molecule has 2 amide bonds. The van der Waals surface area contributed by atoms with E-state index in [1.165, 1.54) is 0 Å². The summed E-state index contributed by atoms with van der Waals surface area (Å²) in [5.41, 5.74) is 5.97. The molecule has 2 atom stereocenters. The van der Waals surface area contributed by atoms with E-state index >= 15 is 0 Å². The second-order valence-corrected chi connectivity index (χ2v) is 13.3. The summed E-state index contributed by atoms with van der Waals surface area (Å²) in [5, 5.41) is 13.3. The fourth-order valence-electron chi connectivity index (χ4n) is 5.97. The number of alkyl carbamates (subject to hydrolysis) is 2. The van der Waals surface area contributed by atoms with Crippen molar-refractivity contribution < 1.29 is 28.7 Å². The predicted molar refractivity (Wildman–Crippen MR) is 189 cm³/mol. The average Bonchev–Trinajstić information content (AvgIpc) is 3.76. The van der Waals surface area contributed by atoms with Crippen LogP contribution >= 0.6 is 11.3 Å². The number of fused-ring (bicyclic) bond motifs is 3. The van der Waals surface area contributed by atoms with Gasteiger partial charge in [-0.05, 0) is 39.3 Å². The Kier molecular flexibility index (Phi) is 10.7. The monoisotopic (exact) mass is 688 g/mol. The average molecular weight is 689 g/mol. The van der Waals surface area contributed by atoms with Crippen molar-refractivity contribution in [3.8, 4) is 11.1 Å². The van der Waals surface area contributed by atoms with Gasteiger partial charge in [0.05, 0.1) is 0 Å². The van der Waals surface area contributed by atoms with E-state index in [0.29, 0.717) is 0 Å². The third kappa shape index (κ3) is 7.95. The molecular formula is C39H36N4O6S. The van der Waals surface area contributed by atoms with E-state index in [9.17, 15) is 19.2 Å². The van der Waals surface area contributed by atoms with E-state index in [0.717, 1.165) is 44.7 Å². The minimum absolute atomic E-state index is 0.0443. The zero-order chi connectivity index (χ0) is 35.0. The van der Waals surface area contributed by atoms with Crippen molar-refractivity contribution >= 4 is 35.1 Å². The molecule has 2 N–H and O–H groups in total. The molecule has 1 aliphatic rings. The number of carbonyl (C=O) groups excluding carboxylic acids is 4. The second-order valence-electron chi connectivity index (χ2n) is 12.3. The van der Waals surface area contributed by atoms with Gasteiger partial charge >= 0.3 is 12.2 Å². The summed E-state index contributed by atoms with van der Waals surface area (Å²) in [6, 6.07) is 32.5. The number of aromatic nitrogens is 2. The Morgan fingerprint density at radius 1 is 0.660 bits per heavy atom. The van der Waals surface area contributed by atoms with Gasteiger partial charge in [-0.2, -0.15) is 0 Å². The van der Waals surface area contributed by atoms with Gasteiger partial charge in [0.25, 0.3) is 0 Å². The Bertz CT molecular complexity index is 1940. The van der Waals surface area contributed by atoms with Gasteiger partial charge < -0.3 is 20.1 Å². The fourth-order valence-corrected chi connectivity index (χ4v) is 6.79. The van der Waals surface area contributed by atoms with E-state index < -0.39 is 35.8 Å². The van der Waals surface area contributed by atoms with Crippen molar-refractivity contribution in [2.24, 2.45) is 5.92 Å². The number of ketones is 2. The van der Waals surface area contributed by atoms with Crippen molar-refractivity contribution in [2.75, 3.05) is 6.61 Å². The maximum Gasteiger partial charge on any atom is 0.408 e. The largest absolute Gasteiger partial charge is 0.449 e. The third-order valence-electron chi connectivity index (χ3n) is 8.52. The van der Waals surface area contributed by atoms with Crippen LogP contribution in [0, 0.1) is 5.92 Å². The molecule has 50 heavy (non-hydrogen) atoms. The molecule has 0 radical (unpaired) electrons. The van der Waals surface area contributed by atoms with Crippen molar-refractivity contribution in [1.82, 2.24) is 20.8 Å². The number of hydrogen-bond donors (Lipinski definition) is 2. The number of carbonyl (C=O) groups is 4. The van der Waals surface area contributed by atoms with Crippen LogP contribution in [0.25, 0.3) is 11.1 Å². The lowest BCUT2D eigenvalue weighted by Gasteiger charge is -2.19. The first-order valence-corrected chi connectivity index (χ1v) is 17.1. The van der Waals surface area contributed by atoms with E-state index in [4.69, 9.17) is 9.47 Å². The lowest BCUT2D eigenvalue weighted by molar-refractivity contribution is 0.0884. The Morgan fingerprint density at radius 3 is 1.78 bits per heavy atom. The molecule has 1 aliphatic carbocycles. The second kappa shape index (κ2) is 15.7. The molecule has 10 nitrogen and oxygen atoms in total. The molecular weight excluding hydrogens is 653 g/mol. The summed E-state index contributed by atoms with van der Waals surface area (Å²) < 4.78 is 11.0. The van der Waals surface area contributed by atoms with Gasteiger partial charge in [0.1, 0.15) is 25.3 Å². The van der Waals surface area contributed by atoms with Crippen LogP contribution in [0.2, 0.25) is 0 Å². The molecule has 6 rings (SSSR count). The summed E-state index contributed by atoms with van der Waals surface area (Å²) in [6.07, 6.45) is -1.34. The van der Waals surface area contributed by atoms with Crippen LogP contribution in [0.4, 0.5) is 9.59 Å². The van der Waals surface area contributed by atoms with Gasteiger partial charge in [0.2, 0.25) is 11.6 Å². The van der Waals surface area contributed by atoms with Crippen LogP contribution in [0.1, 0.15) is 61.6 Å². The van der Waals surface area contributed by atoms with E-state index in [2.05, 4.69) is 33.0 Å². The number of hydrogen-bond acceptors (Lipinski definition) is 9. The van der Waals surface area contributed by atoms with Crippen LogP contribution in [0.3, 0.4) is 0 Å². The first-order valence-electron chi connectivity index (χ1n) is 16.3. The molecule has 254 valence electrons. The Labute approximate surface area is 293 Å². The smallest absolute Gasteiger partial charge is 0.408 e. The molecule has 4 aromatic carbocycles. The topological polar surface area (TPSA) is 137 Å². The predicted octanol–water partition coefficient (Wildman–Crippen LogP) is 7.00. The number of ether oxygens (including phenoxy) is 2. The molecule has 0 saturated carbocycles. The lowest BCUT2D eigenvalue weighted by Crippen LogP contribution is -2.44. The standard InChI is InChI=1S/C39H36N4O6S/c1-24(2)33(41-39(47)48-22-26-15-7-4-8-16-26)35(45)37-43-42-36(50-37)34(44)32(21-25-13-5-3-6-14-25)40-38(46)49-23-31-29-19-11-9-17-27(29)28-18-10-12-20-30(28)31/h3-20,24,31-33H,21-23H2,1-2H3,(H,40,46)(H,41,47)/t32-,33-/m0/s1. The molecule has 0 fully saturated rings. The number of nitrogens with zero attached hydrogens (tertiary/aromatic N) is 2. The van der Waals surface area contributed by atoms with Crippen molar-refractivity contribution in [2.45, 2.75) is 44.9 Å². The first-order chi connectivity index (χ1) is 24.3. The van der Waals surface area contributed by atoms with Crippen LogP contribution < -0.4 is 10.6 Å². The third-order valence-corrected chi connectivity index (χ3v) is 9.47. The molecule has 0 unspecified atom stereocenters. The minimum atomic E-state index is -1.05. The highest BCUT2D eigenvalue weighted by Crippen LogP contribution is 2.44. The zero-order valence-corrected chi connectivity index (χ0v) is 28.4. The van der Waals surface area contributed by atoms with Crippen molar-refractivity contribution in [3.05, 3.63) is 141 Å². The zero-order valence-electron chi connectivity index (χ0n) is 27.6. The van der Waals surface area contributed by atoms with Crippen LogP contribution in [0.5, 0.6) is 0 Å². The lowest BCUT2D eigenvalue weighted by atomic mass is 9.98. The summed E-state index contributed by atoms with van der Waals surface area (Å²) in [6.45, 7) is 3.69. The van der Waals surface area contributed by atoms with Gasteiger partial charge in [-0.1, -0.05) is 134 Å². The van der Waals surface area contributed by atoms with Gasteiger partial charge in [0, 0.05) is 12.3 Å². The quantitative estimate of drug-likeness (QED) is 0.126. The Hall–Kier alpha value is -5.68. The molecule has 0 spiro atoms. The Balaban J connectivity index is 1.13. The van der Waals surface area contributed by atoms with Crippen LogP contribution in [-0.2, 0) is 22.5 Å². The highest BCUT2D eigenvalue weighted by Gasteiger charge is 2.33. The number of rotatable bonds is 13. The van der Waals surface area contributed by atoms with E-state index in [1.807, 2.05) is 97.1 Å². The van der Waals surface area contributed by atoms with Gasteiger partial charge in [-0.25, -0.2) is 9.59 Å². The van der Waals surface area contributed by atoms with Gasteiger partial charge in [-0.3, -0.25) is 9.59 Å².